The number of nitrogens with zero attached hydrogens (tertiary/aromatic N) is 1. The van der Waals surface area contributed by atoms with Crippen molar-refractivity contribution in [2.45, 2.75) is 25.3 Å². The zero-order chi connectivity index (χ0) is 12.8. The Bertz CT molecular complexity index is 725. The van der Waals surface area contributed by atoms with Gasteiger partial charge in [-0.2, -0.15) is 0 Å². The summed E-state index contributed by atoms with van der Waals surface area (Å²) >= 11 is 0. The molecule has 1 heterocycles. The third-order valence-corrected chi connectivity index (χ3v) is 4.34. The first-order valence-corrected chi connectivity index (χ1v) is 6.99. The van der Waals surface area contributed by atoms with Gasteiger partial charge in [0.15, 0.2) is 0 Å². The summed E-state index contributed by atoms with van der Waals surface area (Å²) in [5.74, 6) is 0. The summed E-state index contributed by atoms with van der Waals surface area (Å²) in [6.07, 6.45) is 3.52. The molecule has 19 heavy (non-hydrogen) atoms. The van der Waals surface area contributed by atoms with Crippen molar-refractivity contribution in [3.05, 3.63) is 60.7 Å². The van der Waals surface area contributed by atoms with Crippen LogP contribution in [0.2, 0.25) is 0 Å². The van der Waals surface area contributed by atoms with E-state index in [4.69, 9.17) is 0 Å². The second-order valence-electron chi connectivity index (χ2n) is 5.55. The van der Waals surface area contributed by atoms with Crippen LogP contribution in [0.25, 0.3) is 21.8 Å². The van der Waals surface area contributed by atoms with E-state index in [0.29, 0.717) is 6.04 Å². The largest absolute Gasteiger partial charge is 0.337 e. The van der Waals surface area contributed by atoms with Crippen LogP contribution in [0, 0.1) is 0 Å². The van der Waals surface area contributed by atoms with Gasteiger partial charge < -0.3 is 4.57 Å². The maximum Gasteiger partial charge on any atom is 0.0494 e. The Kier molecular flexibility index (Phi) is 2.28. The lowest BCUT2D eigenvalue weighted by atomic mass is 10.2. The van der Waals surface area contributed by atoms with Gasteiger partial charge in [-0.05, 0) is 31.4 Å². The van der Waals surface area contributed by atoms with Gasteiger partial charge in [-0.3, -0.25) is 0 Å². The lowest BCUT2D eigenvalue weighted by Gasteiger charge is -2.15. The molecule has 0 aliphatic heterocycles. The van der Waals surface area contributed by atoms with Crippen LogP contribution in [-0.2, 0) is 0 Å². The Balaban J connectivity index is 2.08. The van der Waals surface area contributed by atoms with Crippen molar-refractivity contribution in [3.63, 3.8) is 0 Å². The molecular weight excluding hydrogens is 230 g/mol. The SMILES string of the molecule is C=C1CCC(n2c3ccccc3c3ccccc32)C1. The quantitative estimate of drug-likeness (QED) is 0.529. The Labute approximate surface area is 113 Å². The van der Waals surface area contributed by atoms with E-state index in [1.54, 1.807) is 0 Å². The fraction of sp³-hybridized carbons (Fsp3) is 0.222. The maximum atomic E-state index is 4.16. The molecule has 0 radical (unpaired) electrons. The highest BCUT2D eigenvalue weighted by molar-refractivity contribution is 6.08. The van der Waals surface area contributed by atoms with Gasteiger partial charge in [-0.25, -0.2) is 0 Å². The lowest BCUT2D eigenvalue weighted by molar-refractivity contribution is 0.557. The molecule has 1 saturated carbocycles. The van der Waals surface area contributed by atoms with E-state index < -0.39 is 0 Å². The number of fused-ring (bicyclic) bond motifs is 3. The van der Waals surface area contributed by atoms with Gasteiger partial charge in [0.2, 0.25) is 0 Å². The average molecular weight is 247 g/mol. The van der Waals surface area contributed by atoms with Crippen molar-refractivity contribution in [2.75, 3.05) is 0 Å². The van der Waals surface area contributed by atoms with Gasteiger partial charge in [0.1, 0.15) is 0 Å². The zero-order valence-electron chi connectivity index (χ0n) is 11.0. The molecule has 1 aromatic heterocycles. The minimum atomic E-state index is 0.581. The smallest absolute Gasteiger partial charge is 0.0494 e. The molecule has 1 atom stereocenters. The summed E-state index contributed by atoms with van der Waals surface area (Å²) in [7, 11) is 0. The van der Waals surface area contributed by atoms with Crippen molar-refractivity contribution >= 4 is 21.8 Å². The molecule has 0 N–H and O–H groups in total. The molecule has 1 fully saturated rings. The van der Waals surface area contributed by atoms with Crippen molar-refractivity contribution < 1.29 is 0 Å². The predicted octanol–water partition coefficient (Wildman–Crippen LogP) is 5.08. The van der Waals surface area contributed by atoms with Crippen LogP contribution in [-0.4, -0.2) is 4.57 Å². The molecule has 0 bridgehead atoms. The van der Waals surface area contributed by atoms with E-state index >= 15 is 0 Å². The first kappa shape index (κ1) is 10.9. The van der Waals surface area contributed by atoms with Crippen LogP contribution in [0.1, 0.15) is 25.3 Å². The van der Waals surface area contributed by atoms with Crippen molar-refractivity contribution in [3.8, 4) is 0 Å². The van der Waals surface area contributed by atoms with Crippen LogP contribution in [0.5, 0.6) is 0 Å². The van der Waals surface area contributed by atoms with Crippen molar-refractivity contribution in [2.24, 2.45) is 0 Å². The minimum absolute atomic E-state index is 0.581. The highest BCUT2D eigenvalue weighted by Gasteiger charge is 2.23. The Hall–Kier alpha value is -2.02. The van der Waals surface area contributed by atoms with Crippen LogP contribution in [0.4, 0.5) is 0 Å². The number of hydrogen-bond donors (Lipinski definition) is 0. The predicted molar refractivity (Wildman–Crippen MR) is 81.5 cm³/mol. The molecule has 94 valence electrons. The maximum absolute atomic E-state index is 4.16. The number of rotatable bonds is 1. The standard InChI is InChI=1S/C18H17N/c1-13-10-11-14(12-13)19-17-8-4-2-6-15(17)16-7-3-5-9-18(16)19/h2-9,14H,1,10-12H2. The zero-order valence-corrected chi connectivity index (χ0v) is 11.0. The summed E-state index contributed by atoms with van der Waals surface area (Å²) in [5, 5.41) is 2.74. The molecule has 1 heteroatoms. The van der Waals surface area contributed by atoms with Crippen molar-refractivity contribution in [1.29, 1.82) is 0 Å². The van der Waals surface area contributed by atoms with E-state index in [9.17, 15) is 0 Å². The molecule has 1 aliphatic rings. The normalized spacial score (nSPS) is 19.6. The third kappa shape index (κ3) is 1.54. The van der Waals surface area contributed by atoms with Gasteiger partial charge in [0, 0.05) is 27.8 Å². The minimum Gasteiger partial charge on any atom is -0.337 e. The molecule has 0 spiro atoms. The van der Waals surface area contributed by atoms with Crippen molar-refractivity contribution in [1.82, 2.24) is 4.57 Å². The molecular formula is C18H17N. The first-order valence-electron chi connectivity index (χ1n) is 6.99. The summed E-state index contributed by atoms with van der Waals surface area (Å²) in [6.45, 7) is 4.16. The lowest BCUT2D eigenvalue weighted by Crippen LogP contribution is -2.03. The number of benzene rings is 2. The van der Waals surface area contributed by atoms with Gasteiger partial charge >= 0.3 is 0 Å². The van der Waals surface area contributed by atoms with E-state index in [-0.39, 0.29) is 0 Å². The van der Waals surface area contributed by atoms with E-state index in [0.717, 1.165) is 6.42 Å². The summed E-state index contributed by atoms with van der Waals surface area (Å²) in [6, 6.07) is 18.1. The van der Waals surface area contributed by atoms with E-state index in [2.05, 4.69) is 59.7 Å². The molecule has 0 amide bonds. The summed E-state index contributed by atoms with van der Waals surface area (Å²) < 4.78 is 2.53. The molecule has 4 rings (SSSR count). The molecule has 1 unspecified atom stereocenters. The van der Waals surface area contributed by atoms with Gasteiger partial charge in [0.25, 0.3) is 0 Å². The van der Waals surface area contributed by atoms with Crippen LogP contribution in [0.15, 0.2) is 60.7 Å². The summed E-state index contributed by atoms with van der Waals surface area (Å²) in [4.78, 5) is 0. The van der Waals surface area contributed by atoms with Crippen LogP contribution < -0.4 is 0 Å². The average Bonchev–Trinajstić information content (AvgIpc) is 3.00. The molecule has 1 nitrogen and oxygen atoms in total. The van der Waals surface area contributed by atoms with Crippen LogP contribution in [0.3, 0.4) is 0 Å². The monoisotopic (exact) mass is 247 g/mol. The molecule has 3 aromatic rings. The fourth-order valence-electron chi connectivity index (χ4n) is 3.47. The van der Waals surface area contributed by atoms with Gasteiger partial charge in [-0.1, -0.05) is 48.6 Å². The van der Waals surface area contributed by atoms with Crippen LogP contribution >= 0.6 is 0 Å². The second-order valence-corrected chi connectivity index (χ2v) is 5.55. The topological polar surface area (TPSA) is 4.93 Å². The fourth-order valence-corrected chi connectivity index (χ4v) is 3.47. The van der Waals surface area contributed by atoms with E-state index in [1.807, 2.05) is 0 Å². The molecule has 1 aliphatic carbocycles. The summed E-state index contributed by atoms with van der Waals surface area (Å²) in [5.41, 5.74) is 4.12. The van der Waals surface area contributed by atoms with E-state index in [1.165, 1.54) is 40.2 Å². The Morgan fingerprint density at radius 1 is 0.895 bits per heavy atom. The third-order valence-electron chi connectivity index (χ3n) is 4.34. The number of allylic oxidation sites excluding steroid dienone is 1. The number of hydrogen-bond acceptors (Lipinski definition) is 0. The van der Waals surface area contributed by atoms with Gasteiger partial charge in [0.05, 0.1) is 0 Å². The second kappa shape index (κ2) is 3.99. The highest BCUT2D eigenvalue weighted by Crippen LogP contribution is 2.39. The Morgan fingerprint density at radius 3 is 2.00 bits per heavy atom. The number of aromatic nitrogens is 1. The number of para-hydroxylation sites is 2. The van der Waals surface area contributed by atoms with Gasteiger partial charge in [-0.15, -0.1) is 0 Å². The molecule has 2 aromatic carbocycles. The first-order chi connectivity index (χ1) is 9.34. The molecule has 0 saturated heterocycles. The highest BCUT2D eigenvalue weighted by atomic mass is 15.0. The Morgan fingerprint density at radius 2 is 1.47 bits per heavy atom.